The van der Waals surface area contributed by atoms with E-state index in [1.54, 1.807) is 36.2 Å². The van der Waals surface area contributed by atoms with Crippen LogP contribution in [0, 0.1) is 0 Å². The van der Waals surface area contributed by atoms with Gasteiger partial charge in [0, 0.05) is 20.2 Å². The summed E-state index contributed by atoms with van der Waals surface area (Å²) in [5.41, 5.74) is 0.242. The number of hydrogen-bond donors (Lipinski definition) is 1. The molecule has 1 saturated heterocycles. The highest BCUT2D eigenvalue weighted by Gasteiger charge is 2.19. The van der Waals surface area contributed by atoms with Gasteiger partial charge in [-0.3, -0.25) is 9.59 Å². The van der Waals surface area contributed by atoms with Crippen LogP contribution in [0.25, 0.3) is 10.9 Å². The van der Waals surface area contributed by atoms with Crippen LogP contribution in [0.15, 0.2) is 29.1 Å². The molecule has 0 saturated carbocycles. The first kappa shape index (κ1) is 15.7. The number of ether oxygens (including phenoxy) is 1. The Morgan fingerprint density at radius 1 is 1.39 bits per heavy atom. The van der Waals surface area contributed by atoms with Crippen molar-refractivity contribution in [1.29, 1.82) is 0 Å². The third-order valence-electron chi connectivity index (χ3n) is 4.22. The molecule has 1 N–H and O–H groups in total. The molecule has 0 spiro atoms. The molecule has 122 valence electrons. The van der Waals surface area contributed by atoms with Crippen molar-refractivity contribution in [3.05, 3.63) is 40.4 Å². The maximum Gasteiger partial charge on any atom is 0.289 e. The van der Waals surface area contributed by atoms with Gasteiger partial charge >= 0.3 is 0 Å². The number of nitrogens with zero attached hydrogens (tertiary/aromatic N) is 2. The Morgan fingerprint density at radius 2 is 2.22 bits per heavy atom. The molecule has 1 atom stereocenters. The largest absolute Gasteiger partial charge is 0.378 e. The summed E-state index contributed by atoms with van der Waals surface area (Å²) >= 11 is 0. The van der Waals surface area contributed by atoms with Gasteiger partial charge in [-0.15, -0.1) is 0 Å². The molecule has 0 bridgehead atoms. The quantitative estimate of drug-likeness (QED) is 0.936. The third-order valence-corrected chi connectivity index (χ3v) is 4.22. The van der Waals surface area contributed by atoms with E-state index in [0.717, 1.165) is 25.9 Å². The molecule has 0 aliphatic carbocycles. The number of rotatable bonds is 4. The minimum absolute atomic E-state index is 0.0840. The highest BCUT2D eigenvalue weighted by molar-refractivity contribution is 5.92. The normalized spacial score (nSPS) is 18.0. The predicted octanol–water partition coefficient (Wildman–Crippen LogP) is 1.95. The van der Waals surface area contributed by atoms with E-state index in [-0.39, 0.29) is 23.4 Å². The standard InChI is InChI=1S/C17H21N3O3/c1-20(10-9-12-6-4-5-11-23-12)17(22)15-18-14-8-3-2-7-13(14)16(21)19-15/h2-3,7-8,12H,4-6,9-11H2,1H3,(H,18,19,21)/t12-/m1/s1. The van der Waals surface area contributed by atoms with Crippen molar-refractivity contribution >= 4 is 16.8 Å². The topological polar surface area (TPSA) is 75.3 Å². The highest BCUT2D eigenvalue weighted by atomic mass is 16.5. The molecule has 2 heterocycles. The Morgan fingerprint density at radius 3 is 3.00 bits per heavy atom. The second-order valence-corrected chi connectivity index (χ2v) is 5.94. The van der Waals surface area contributed by atoms with E-state index in [9.17, 15) is 9.59 Å². The van der Waals surface area contributed by atoms with Gasteiger partial charge in [0.05, 0.1) is 17.0 Å². The summed E-state index contributed by atoms with van der Waals surface area (Å²) in [7, 11) is 1.72. The molecule has 0 unspecified atom stereocenters. The molecule has 3 rings (SSSR count). The number of aromatic amines is 1. The molecule has 2 aromatic rings. The van der Waals surface area contributed by atoms with Crippen molar-refractivity contribution in [2.75, 3.05) is 20.2 Å². The fraction of sp³-hybridized carbons (Fsp3) is 0.471. The molecule has 1 aromatic heterocycles. The number of nitrogens with one attached hydrogen (secondary N) is 1. The Balaban J connectivity index is 1.70. The molecule has 6 heteroatoms. The number of carbonyl (C=O) groups is 1. The third kappa shape index (κ3) is 3.59. The van der Waals surface area contributed by atoms with E-state index < -0.39 is 0 Å². The van der Waals surface area contributed by atoms with Crippen LogP contribution < -0.4 is 5.56 Å². The van der Waals surface area contributed by atoms with Crippen molar-refractivity contribution in [2.24, 2.45) is 0 Å². The number of carbonyl (C=O) groups excluding carboxylic acids is 1. The highest BCUT2D eigenvalue weighted by Crippen LogP contribution is 2.16. The molecule has 1 amide bonds. The van der Waals surface area contributed by atoms with E-state index in [1.807, 2.05) is 0 Å². The summed E-state index contributed by atoms with van der Waals surface area (Å²) in [5, 5.41) is 0.488. The lowest BCUT2D eigenvalue weighted by atomic mass is 10.1. The minimum atomic E-state index is -0.289. The molecule has 1 aliphatic heterocycles. The van der Waals surface area contributed by atoms with Crippen molar-refractivity contribution in [3.8, 4) is 0 Å². The number of hydrogen-bond acceptors (Lipinski definition) is 4. The van der Waals surface area contributed by atoms with E-state index >= 15 is 0 Å². The van der Waals surface area contributed by atoms with Crippen LogP contribution in [-0.4, -0.2) is 47.1 Å². The van der Waals surface area contributed by atoms with Gasteiger partial charge < -0.3 is 14.6 Å². The Labute approximate surface area is 134 Å². The molecule has 0 radical (unpaired) electrons. The number of amides is 1. The van der Waals surface area contributed by atoms with Crippen LogP contribution in [0.4, 0.5) is 0 Å². The van der Waals surface area contributed by atoms with Gasteiger partial charge in [-0.2, -0.15) is 0 Å². The van der Waals surface area contributed by atoms with Gasteiger partial charge in [0.25, 0.3) is 11.5 Å². The number of aromatic nitrogens is 2. The number of para-hydroxylation sites is 1. The Bertz CT molecular complexity index is 750. The molecule has 1 aromatic carbocycles. The van der Waals surface area contributed by atoms with Crippen LogP contribution in [0.3, 0.4) is 0 Å². The van der Waals surface area contributed by atoms with Crippen LogP contribution in [-0.2, 0) is 4.74 Å². The first-order valence-electron chi connectivity index (χ1n) is 8.01. The lowest BCUT2D eigenvalue weighted by Crippen LogP contribution is -2.33. The minimum Gasteiger partial charge on any atom is -0.378 e. The van der Waals surface area contributed by atoms with Crippen molar-refractivity contribution < 1.29 is 9.53 Å². The Hall–Kier alpha value is -2.21. The SMILES string of the molecule is CN(CC[C@H]1CCCCO1)C(=O)c1nc2ccccc2c(=O)[nH]1. The summed E-state index contributed by atoms with van der Waals surface area (Å²) in [6.45, 7) is 1.39. The first-order chi connectivity index (χ1) is 11.1. The van der Waals surface area contributed by atoms with E-state index in [4.69, 9.17) is 4.74 Å². The van der Waals surface area contributed by atoms with Crippen molar-refractivity contribution in [2.45, 2.75) is 31.8 Å². The van der Waals surface area contributed by atoms with Gasteiger partial charge in [-0.1, -0.05) is 12.1 Å². The van der Waals surface area contributed by atoms with Gasteiger partial charge in [0.1, 0.15) is 0 Å². The van der Waals surface area contributed by atoms with Crippen molar-refractivity contribution in [3.63, 3.8) is 0 Å². The van der Waals surface area contributed by atoms with Gasteiger partial charge in [-0.25, -0.2) is 4.98 Å². The molecule has 6 nitrogen and oxygen atoms in total. The zero-order valence-electron chi connectivity index (χ0n) is 13.2. The van der Waals surface area contributed by atoms with Crippen molar-refractivity contribution in [1.82, 2.24) is 14.9 Å². The zero-order valence-corrected chi connectivity index (χ0v) is 13.2. The lowest BCUT2D eigenvalue weighted by Gasteiger charge is -2.25. The lowest BCUT2D eigenvalue weighted by molar-refractivity contribution is 0.00702. The second-order valence-electron chi connectivity index (χ2n) is 5.94. The van der Waals surface area contributed by atoms with E-state index in [1.165, 1.54) is 6.42 Å². The average molecular weight is 315 g/mol. The van der Waals surface area contributed by atoms with Gasteiger partial charge in [0.15, 0.2) is 5.82 Å². The molecule has 1 fully saturated rings. The molecule has 1 aliphatic rings. The average Bonchev–Trinajstić information content (AvgIpc) is 2.60. The van der Waals surface area contributed by atoms with E-state index in [0.29, 0.717) is 17.4 Å². The van der Waals surface area contributed by atoms with Crippen LogP contribution in [0.5, 0.6) is 0 Å². The monoisotopic (exact) mass is 315 g/mol. The molecular formula is C17H21N3O3. The number of fused-ring (bicyclic) bond motifs is 1. The summed E-state index contributed by atoms with van der Waals surface area (Å²) < 4.78 is 5.68. The number of H-pyrrole nitrogens is 1. The van der Waals surface area contributed by atoms with Gasteiger partial charge in [0.2, 0.25) is 0 Å². The van der Waals surface area contributed by atoms with Crippen LogP contribution in [0.1, 0.15) is 36.3 Å². The summed E-state index contributed by atoms with van der Waals surface area (Å²) in [5.74, 6) is -0.190. The summed E-state index contributed by atoms with van der Waals surface area (Å²) in [6, 6.07) is 7.00. The maximum atomic E-state index is 12.5. The molecule has 23 heavy (non-hydrogen) atoms. The van der Waals surface area contributed by atoms with Crippen LogP contribution >= 0.6 is 0 Å². The first-order valence-corrected chi connectivity index (χ1v) is 8.01. The van der Waals surface area contributed by atoms with E-state index in [2.05, 4.69) is 9.97 Å². The fourth-order valence-electron chi connectivity index (χ4n) is 2.84. The van der Waals surface area contributed by atoms with Crippen LogP contribution in [0.2, 0.25) is 0 Å². The zero-order chi connectivity index (χ0) is 16.2. The van der Waals surface area contributed by atoms with Gasteiger partial charge in [-0.05, 0) is 37.8 Å². The maximum absolute atomic E-state index is 12.5. The summed E-state index contributed by atoms with van der Waals surface area (Å²) in [6.07, 6.45) is 4.38. The smallest absolute Gasteiger partial charge is 0.289 e. The molecular weight excluding hydrogens is 294 g/mol. The summed E-state index contributed by atoms with van der Waals surface area (Å²) in [4.78, 5) is 33.0. The second kappa shape index (κ2) is 6.91. The Kier molecular flexibility index (Phi) is 4.71. The fourth-order valence-corrected chi connectivity index (χ4v) is 2.84. The number of benzene rings is 1. The predicted molar refractivity (Wildman–Crippen MR) is 87.5 cm³/mol.